The van der Waals surface area contributed by atoms with Crippen LogP contribution < -0.4 is 5.32 Å². The van der Waals surface area contributed by atoms with Crippen LogP contribution >= 0.6 is 11.3 Å². The molecular weight excluding hydrogens is 182 g/mol. The molecule has 1 N–H and O–H groups in total. The summed E-state index contributed by atoms with van der Waals surface area (Å²) in [7, 11) is 1.97. The number of rotatable bonds is 3. The fraction of sp³-hybridized carbons (Fsp3) is 0.400. The smallest absolute Gasteiger partial charge is 0.114 e. The molecule has 1 unspecified atom stereocenters. The molecular formula is C10H13NOS. The van der Waals surface area contributed by atoms with E-state index >= 15 is 0 Å². The molecule has 0 amide bonds. The molecule has 0 bridgehead atoms. The predicted octanol–water partition coefficient (Wildman–Crippen LogP) is 2.31. The number of hydrogen-bond donors (Lipinski definition) is 1. The van der Waals surface area contributed by atoms with Crippen LogP contribution in [0.4, 0.5) is 0 Å². The van der Waals surface area contributed by atoms with Crippen molar-refractivity contribution >= 4 is 11.3 Å². The molecule has 1 aliphatic rings. The lowest BCUT2D eigenvalue weighted by Crippen LogP contribution is -2.17. The summed E-state index contributed by atoms with van der Waals surface area (Å²) in [5.41, 5.74) is 0. The summed E-state index contributed by atoms with van der Waals surface area (Å²) in [5.74, 6) is 1.07. The van der Waals surface area contributed by atoms with Gasteiger partial charge in [0.2, 0.25) is 0 Å². The average Bonchev–Trinajstić information content (AvgIpc) is 2.76. The van der Waals surface area contributed by atoms with E-state index in [1.54, 1.807) is 11.3 Å². The standard InChI is InChI=1S/C10H13NOS/c1-11-10(8-4-2-6-12-8)9-5-3-7-13-9/h3-5,7,10-11H,2,6H2,1H3. The van der Waals surface area contributed by atoms with Crippen LogP contribution in [0.5, 0.6) is 0 Å². The molecule has 1 aliphatic heterocycles. The van der Waals surface area contributed by atoms with Crippen molar-refractivity contribution in [1.82, 2.24) is 5.32 Å². The maximum atomic E-state index is 5.54. The third-order valence-electron chi connectivity index (χ3n) is 2.13. The van der Waals surface area contributed by atoms with Crippen molar-refractivity contribution in [3.05, 3.63) is 34.2 Å². The normalized spacial score (nSPS) is 18.1. The first-order valence-electron chi connectivity index (χ1n) is 4.45. The number of thiophene rings is 1. The molecule has 0 aromatic carbocycles. The van der Waals surface area contributed by atoms with E-state index in [0.29, 0.717) is 0 Å². The minimum atomic E-state index is 0.252. The van der Waals surface area contributed by atoms with Gasteiger partial charge in [-0.05, 0) is 24.6 Å². The van der Waals surface area contributed by atoms with E-state index in [9.17, 15) is 0 Å². The first kappa shape index (κ1) is 8.78. The number of nitrogens with one attached hydrogen (secondary N) is 1. The SMILES string of the molecule is CNC(C1=CCCO1)c1cccs1. The lowest BCUT2D eigenvalue weighted by atomic mass is 10.2. The van der Waals surface area contributed by atoms with E-state index < -0.39 is 0 Å². The fourth-order valence-electron chi connectivity index (χ4n) is 1.52. The summed E-state index contributed by atoms with van der Waals surface area (Å²) < 4.78 is 5.54. The van der Waals surface area contributed by atoms with Crippen molar-refractivity contribution in [3.63, 3.8) is 0 Å². The van der Waals surface area contributed by atoms with Crippen molar-refractivity contribution < 1.29 is 4.74 Å². The minimum absolute atomic E-state index is 0.252. The lowest BCUT2D eigenvalue weighted by molar-refractivity contribution is 0.219. The van der Waals surface area contributed by atoms with Crippen LogP contribution in [0.2, 0.25) is 0 Å². The summed E-state index contributed by atoms with van der Waals surface area (Å²) >= 11 is 1.76. The summed E-state index contributed by atoms with van der Waals surface area (Å²) in [5, 5.41) is 5.36. The average molecular weight is 195 g/mol. The van der Waals surface area contributed by atoms with E-state index in [4.69, 9.17) is 4.74 Å². The van der Waals surface area contributed by atoms with Gasteiger partial charge in [-0.3, -0.25) is 0 Å². The van der Waals surface area contributed by atoms with Crippen LogP contribution in [0.15, 0.2) is 29.3 Å². The Labute approximate surface area is 82.2 Å². The van der Waals surface area contributed by atoms with Crippen molar-refractivity contribution in [3.8, 4) is 0 Å². The topological polar surface area (TPSA) is 21.3 Å². The fourth-order valence-corrected chi connectivity index (χ4v) is 2.36. The molecule has 0 spiro atoms. The van der Waals surface area contributed by atoms with E-state index in [0.717, 1.165) is 18.8 Å². The molecule has 0 radical (unpaired) electrons. The lowest BCUT2D eigenvalue weighted by Gasteiger charge is -2.15. The number of likely N-dealkylation sites (N-methyl/N-ethyl adjacent to an activating group) is 1. The van der Waals surface area contributed by atoms with Crippen LogP contribution in [0.1, 0.15) is 17.3 Å². The zero-order valence-electron chi connectivity index (χ0n) is 7.62. The maximum Gasteiger partial charge on any atom is 0.114 e. The molecule has 2 rings (SSSR count). The molecule has 3 heteroatoms. The second kappa shape index (κ2) is 3.94. The maximum absolute atomic E-state index is 5.54. The molecule has 0 saturated heterocycles. The molecule has 1 aromatic rings. The first-order valence-corrected chi connectivity index (χ1v) is 5.33. The highest BCUT2D eigenvalue weighted by atomic mass is 32.1. The van der Waals surface area contributed by atoms with Gasteiger partial charge in [0, 0.05) is 11.3 Å². The van der Waals surface area contributed by atoms with Gasteiger partial charge in [0.25, 0.3) is 0 Å². The molecule has 0 fully saturated rings. The Hall–Kier alpha value is -0.800. The Kier molecular flexibility index (Phi) is 2.66. The van der Waals surface area contributed by atoms with Gasteiger partial charge in [0.15, 0.2) is 0 Å². The van der Waals surface area contributed by atoms with Crippen molar-refractivity contribution in [1.29, 1.82) is 0 Å². The number of hydrogen-bond acceptors (Lipinski definition) is 3. The monoisotopic (exact) mass is 195 g/mol. The largest absolute Gasteiger partial charge is 0.496 e. The first-order chi connectivity index (χ1) is 6.42. The molecule has 13 heavy (non-hydrogen) atoms. The van der Waals surface area contributed by atoms with Gasteiger partial charge in [-0.15, -0.1) is 11.3 Å². The number of ether oxygens (including phenoxy) is 1. The summed E-state index contributed by atoms with van der Waals surface area (Å²) in [6, 6.07) is 4.45. The Bertz CT molecular complexity index is 292. The molecule has 70 valence electrons. The van der Waals surface area contributed by atoms with E-state index in [2.05, 4.69) is 28.9 Å². The van der Waals surface area contributed by atoms with Gasteiger partial charge in [-0.2, -0.15) is 0 Å². The zero-order valence-corrected chi connectivity index (χ0v) is 8.43. The molecule has 0 saturated carbocycles. The third-order valence-corrected chi connectivity index (χ3v) is 3.07. The molecule has 1 aromatic heterocycles. The second-order valence-corrected chi connectivity index (χ2v) is 3.96. The molecule has 1 atom stereocenters. The van der Waals surface area contributed by atoms with E-state index in [1.165, 1.54) is 4.88 Å². The predicted molar refractivity (Wildman–Crippen MR) is 54.8 cm³/mol. The third kappa shape index (κ3) is 1.76. The van der Waals surface area contributed by atoms with Gasteiger partial charge >= 0.3 is 0 Å². The zero-order chi connectivity index (χ0) is 9.10. The summed E-state index contributed by atoms with van der Waals surface area (Å²) in [4.78, 5) is 1.32. The molecule has 2 heterocycles. The molecule has 2 nitrogen and oxygen atoms in total. The Balaban J connectivity index is 2.18. The Morgan fingerprint density at radius 3 is 3.08 bits per heavy atom. The van der Waals surface area contributed by atoms with Crippen molar-refractivity contribution in [2.24, 2.45) is 0 Å². The van der Waals surface area contributed by atoms with Crippen LogP contribution in [-0.4, -0.2) is 13.7 Å². The minimum Gasteiger partial charge on any atom is -0.496 e. The second-order valence-electron chi connectivity index (χ2n) is 2.98. The Morgan fingerprint density at radius 1 is 1.62 bits per heavy atom. The highest BCUT2D eigenvalue weighted by molar-refractivity contribution is 7.10. The van der Waals surface area contributed by atoms with Crippen LogP contribution in [-0.2, 0) is 4.74 Å². The van der Waals surface area contributed by atoms with Crippen LogP contribution in [0, 0.1) is 0 Å². The van der Waals surface area contributed by atoms with Gasteiger partial charge < -0.3 is 10.1 Å². The van der Waals surface area contributed by atoms with Crippen molar-refractivity contribution in [2.45, 2.75) is 12.5 Å². The highest BCUT2D eigenvalue weighted by Crippen LogP contribution is 2.28. The van der Waals surface area contributed by atoms with Crippen LogP contribution in [0.3, 0.4) is 0 Å². The quantitative estimate of drug-likeness (QED) is 0.799. The van der Waals surface area contributed by atoms with Gasteiger partial charge in [0.1, 0.15) is 5.76 Å². The van der Waals surface area contributed by atoms with Gasteiger partial charge in [0.05, 0.1) is 12.6 Å². The van der Waals surface area contributed by atoms with Gasteiger partial charge in [-0.25, -0.2) is 0 Å². The van der Waals surface area contributed by atoms with Crippen molar-refractivity contribution in [2.75, 3.05) is 13.7 Å². The summed E-state index contributed by atoms with van der Waals surface area (Å²) in [6.45, 7) is 0.832. The van der Waals surface area contributed by atoms with Crippen LogP contribution in [0.25, 0.3) is 0 Å². The molecule has 0 aliphatic carbocycles. The highest BCUT2D eigenvalue weighted by Gasteiger charge is 2.19. The van der Waals surface area contributed by atoms with E-state index in [1.807, 2.05) is 7.05 Å². The Morgan fingerprint density at radius 2 is 2.54 bits per heavy atom. The summed E-state index contributed by atoms with van der Waals surface area (Å²) in [6.07, 6.45) is 3.21. The van der Waals surface area contributed by atoms with E-state index in [-0.39, 0.29) is 6.04 Å². The van der Waals surface area contributed by atoms with Gasteiger partial charge in [-0.1, -0.05) is 6.07 Å².